The average Bonchev–Trinajstić information content (AvgIpc) is 3.37. The molecule has 4 rings (SSSR count). The Labute approximate surface area is 132 Å². The SMILES string of the molecule is Cc1noc2nc(C3CC3)cc(C(=O)NCc3cccnc3)c12. The molecular weight excluding hydrogens is 292 g/mol. The Bertz CT molecular complexity index is 869. The second-order valence-corrected chi connectivity index (χ2v) is 5.86. The van der Waals surface area contributed by atoms with E-state index in [0.29, 0.717) is 34.8 Å². The number of pyridine rings is 2. The highest BCUT2D eigenvalue weighted by atomic mass is 16.5. The topological polar surface area (TPSA) is 80.9 Å². The normalized spacial score (nSPS) is 14.1. The van der Waals surface area contributed by atoms with Gasteiger partial charge in [0.05, 0.1) is 16.6 Å². The quantitative estimate of drug-likeness (QED) is 0.801. The summed E-state index contributed by atoms with van der Waals surface area (Å²) < 4.78 is 5.27. The predicted molar refractivity (Wildman–Crippen MR) is 83.9 cm³/mol. The van der Waals surface area contributed by atoms with Crippen molar-refractivity contribution >= 4 is 17.0 Å². The number of nitrogens with one attached hydrogen (secondary N) is 1. The van der Waals surface area contributed by atoms with Crippen LogP contribution in [0.25, 0.3) is 11.1 Å². The molecule has 116 valence electrons. The van der Waals surface area contributed by atoms with Gasteiger partial charge in [0.2, 0.25) is 0 Å². The maximum absolute atomic E-state index is 12.6. The van der Waals surface area contributed by atoms with Crippen LogP contribution in [0.2, 0.25) is 0 Å². The largest absolute Gasteiger partial charge is 0.348 e. The monoisotopic (exact) mass is 308 g/mol. The fourth-order valence-electron chi connectivity index (χ4n) is 2.66. The molecule has 1 N–H and O–H groups in total. The summed E-state index contributed by atoms with van der Waals surface area (Å²) in [6.07, 6.45) is 5.67. The Morgan fingerprint density at radius 3 is 3.04 bits per heavy atom. The van der Waals surface area contributed by atoms with Crippen LogP contribution in [-0.4, -0.2) is 21.0 Å². The van der Waals surface area contributed by atoms with Gasteiger partial charge in [-0.3, -0.25) is 9.78 Å². The number of aromatic nitrogens is 3. The zero-order chi connectivity index (χ0) is 15.8. The number of carbonyl (C=O) groups excluding carboxylic acids is 1. The molecule has 0 saturated heterocycles. The van der Waals surface area contributed by atoms with Crippen molar-refractivity contribution in [2.24, 2.45) is 0 Å². The summed E-state index contributed by atoms with van der Waals surface area (Å²) in [6, 6.07) is 5.65. The Kier molecular flexibility index (Phi) is 3.29. The van der Waals surface area contributed by atoms with Gasteiger partial charge in [0.1, 0.15) is 0 Å². The minimum Gasteiger partial charge on any atom is -0.348 e. The van der Waals surface area contributed by atoms with E-state index in [9.17, 15) is 4.79 Å². The molecule has 0 spiro atoms. The van der Waals surface area contributed by atoms with Crippen molar-refractivity contribution in [3.8, 4) is 0 Å². The molecule has 0 bridgehead atoms. The first kappa shape index (κ1) is 13.9. The van der Waals surface area contributed by atoms with Crippen LogP contribution in [0.15, 0.2) is 35.1 Å². The number of hydrogen-bond donors (Lipinski definition) is 1. The van der Waals surface area contributed by atoms with Crippen LogP contribution in [-0.2, 0) is 6.54 Å². The standard InChI is InChI=1S/C17H16N4O2/c1-10-15-13(16(22)19-9-11-3-2-6-18-8-11)7-14(12-4-5-12)20-17(15)23-21-10/h2-3,6-8,12H,4-5,9H2,1H3,(H,19,22). The molecule has 6 nitrogen and oxygen atoms in total. The highest BCUT2D eigenvalue weighted by Crippen LogP contribution is 2.40. The number of carbonyl (C=O) groups is 1. The molecule has 1 aliphatic carbocycles. The molecule has 6 heteroatoms. The van der Waals surface area contributed by atoms with Crippen LogP contribution in [0, 0.1) is 6.92 Å². The van der Waals surface area contributed by atoms with Crippen molar-refractivity contribution in [3.63, 3.8) is 0 Å². The third-order valence-electron chi connectivity index (χ3n) is 4.05. The van der Waals surface area contributed by atoms with Gasteiger partial charge in [-0.05, 0) is 37.5 Å². The lowest BCUT2D eigenvalue weighted by Crippen LogP contribution is -2.23. The lowest BCUT2D eigenvalue weighted by atomic mass is 10.1. The first-order valence-corrected chi connectivity index (χ1v) is 7.66. The highest BCUT2D eigenvalue weighted by Gasteiger charge is 2.28. The molecular formula is C17H16N4O2. The lowest BCUT2D eigenvalue weighted by molar-refractivity contribution is 0.0952. The number of hydrogen-bond acceptors (Lipinski definition) is 5. The van der Waals surface area contributed by atoms with E-state index < -0.39 is 0 Å². The minimum atomic E-state index is -0.144. The zero-order valence-corrected chi connectivity index (χ0v) is 12.7. The van der Waals surface area contributed by atoms with Crippen molar-refractivity contribution in [1.82, 2.24) is 20.4 Å². The summed E-state index contributed by atoms with van der Waals surface area (Å²) in [5.41, 5.74) is 3.58. The molecule has 0 radical (unpaired) electrons. The van der Waals surface area contributed by atoms with E-state index in [2.05, 4.69) is 20.4 Å². The smallest absolute Gasteiger partial charge is 0.259 e. The molecule has 3 aromatic rings. The molecule has 0 unspecified atom stereocenters. The summed E-state index contributed by atoms with van der Waals surface area (Å²) in [4.78, 5) is 21.2. The van der Waals surface area contributed by atoms with E-state index >= 15 is 0 Å². The van der Waals surface area contributed by atoms with Gasteiger partial charge >= 0.3 is 0 Å². The average molecular weight is 308 g/mol. The van der Waals surface area contributed by atoms with Crippen molar-refractivity contribution in [1.29, 1.82) is 0 Å². The summed E-state index contributed by atoms with van der Waals surface area (Å²) in [7, 11) is 0. The zero-order valence-electron chi connectivity index (χ0n) is 12.7. The molecule has 0 aliphatic heterocycles. The van der Waals surface area contributed by atoms with E-state index in [4.69, 9.17) is 4.52 Å². The molecule has 1 fully saturated rings. The summed E-state index contributed by atoms with van der Waals surface area (Å²) in [6.45, 7) is 2.25. The van der Waals surface area contributed by atoms with Crippen LogP contribution in [0.1, 0.15) is 46.1 Å². The number of aryl methyl sites for hydroxylation is 1. The van der Waals surface area contributed by atoms with Gasteiger partial charge < -0.3 is 9.84 Å². The first-order valence-electron chi connectivity index (χ1n) is 7.66. The lowest BCUT2D eigenvalue weighted by Gasteiger charge is -2.07. The Balaban J connectivity index is 1.66. The maximum Gasteiger partial charge on any atom is 0.259 e. The number of fused-ring (bicyclic) bond motifs is 1. The van der Waals surface area contributed by atoms with E-state index in [1.807, 2.05) is 25.1 Å². The Hall–Kier alpha value is -2.76. The number of amides is 1. The van der Waals surface area contributed by atoms with E-state index in [0.717, 1.165) is 24.1 Å². The number of rotatable bonds is 4. The highest BCUT2D eigenvalue weighted by molar-refractivity contribution is 6.06. The number of nitrogens with zero attached hydrogens (tertiary/aromatic N) is 3. The van der Waals surface area contributed by atoms with Crippen molar-refractivity contribution < 1.29 is 9.32 Å². The summed E-state index contributed by atoms with van der Waals surface area (Å²) in [5, 5.41) is 7.58. The second-order valence-electron chi connectivity index (χ2n) is 5.86. The van der Waals surface area contributed by atoms with Gasteiger partial charge in [0.25, 0.3) is 11.6 Å². The maximum atomic E-state index is 12.6. The van der Waals surface area contributed by atoms with Gasteiger partial charge in [-0.2, -0.15) is 0 Å². The van der Waals surface area contributed by atoms with E-state index in [1.54, 1.807) is 12.4 Å². The Morgan fingerprint density at radius 2 is 2.30 bits per heavy atom. The van der Waals surface area contributed by atoms with Crippen LogP contribution < -0.4 is 5.32 Å². The molecule has 23 heavy (non-hydrogen) atoms. The van der Waals surface area contributed by atoms with E-state index in [-0.39, 0.29) is 5.91 Å². The molecule has 0 atom stereocenters. The third kappa shape index (κ3) is 2.67. The van der Waals surface area contributed by atoms with Crippen LogP contribution >= 0.6 is 0 Å². The van der Waals surface area contributed by atoms with Gasteiger partial charge in [0, 0.05) is 30.6 Å². The Morgan fingerprint density at radius 1 is 1.43 bits per heavy atom. The predicted octanol–water partition coefficient (Wildman–Crippen LogP) is 2.73. The van der Waals surface area contributed by atoms with Gasteiger partial charge in [0.15, 0.2) is 0 Å². The minimum absolute atomic E-state index is 0.144. The second kappa shape index (κ2) is 5.46. The first-order chi connectivity index (χ1) is 11.2. The third-order valence-corrected chi connectivity index (χ3v) is 4.05. The van der Waals surface area contributed by atoms with Crippen LogP contribution in [0.3, 0.4) is 0 Å². The molecule has 1 aliphatic rings. The molecule has 3 heterocycles. The molecule has 3 aromatic heterocycles. The molecule has 0 aromatic carbocycles. The van der Waals surface area contributed by atoms with Gasteiger partial charge in [-0.1, -0.05) is 11.2 Å². The molecule has 1 amide bonds. The van der Waals surface area contributed by atoms with Crippen LogP contribution in [0.4, 0.5) is 0 Å². The fraction of sp³-hybridized carbons (Fsp3) is 0.294. The fourth-order valence-corrected chi connectivity index (χ4v) is 2.66. The van der Waals surface area contributed by atoms with Crippen LogP contribution in [0.5, 0.6) is 0 Å². The van der Waals surface area contributed by atoms with E-state index in [1.165, 1.54) is 0 Å². The van der Waals surface area contributed by atoms with Crippen molar-refractivity contribution in [2.75, 3.05) is 0 Å². The summed E-state index contributed by atoms with van der Waals surface area (Å²) >= 11 is 0. The van der Waals surface area contributed by atoms with Crippen molar-refractivity contribution in [3.05, 3.63) is 53.1 Å². The van der Waals surface area contributed by atoms with Crippen molar-refractivity contribution in [2.45, 2.75) is 32.2 Å². The summed E-state index contributed by atoms with van der Waals surface area (Å²) in [5.74, 6) is 0.295. The van der Waals surface area contributed by atoms with Gasteiger partial charge in [-0.25, -0.2) is 4.98 Å². The molecule has 1 saturated carbocycles. The van der Waals surface area contributed by atoms with Gasteiger partial charge in [-0.15, -0.1) is 0 Å².